The van der Waals surface area contributed by atoms with Crippen molar-refractivity contribution < 1.29 is 18.7 Å². The molecule has 1 atom stereocenters. The zero-order chi connectivity index (χ0) is 16.7. The van der Waals surface area contributed by atoms with Crippen molar-refractivity contribution >= 4 is 11.9 Å². The number of hydrogen-bond donors (Lipinski definition) is 1. The van der Waals surface area contributed by atoms with Crippen LogP contribution in [0.2, 0.25) is 0 Å². The average Bonchev–Trinajstić information content (AvgIpc) is 2.56. The van der Waals surface area contributed by atoms with E-state index in [9.17, 15) is 14.0 Å². The number of ether oxygens (including phenoxy) is 1. The van der Waals surface area contributed by atoms with Crippen molar-refractivity contribution in [2.24, 2.45) is 0 Å². The van der Waals surface area contributed by atoms with Crippen LogP contribution in [0.4, 0.5) is 4.39 Å². The van der Waals surface area contributed by atoms with Gasteiger partial charge in [-0.2, -0.15) is 0 Å². The van der Waals surface area contributed by atoms with Crippen molar-refractivity contribution in [2.75, 3.05) is 6.61 Å². The molecule has 2 aromatic carbocycles. The van der Waals surface area contributed by atoms with E-state index in [0.717, 1.165) is 5.56 Å². The Labute approximate surface area is 134 Å². The first-order valence-corrected chi connectivity index (χ1v) is 7.29. The molecule has 5 heteroatoms. The predicted octanol–water partition coefficient (Wildman–Crippen LogP) is 2.79. The van der Waals surface area contributed by atoms with Gasteiger partial charge in [0.1, 0.15) is 5.82 Å². The SMILES string of the molecule is C[C@H](NC(=O)COC(=O)Cc1ccc(F)cc1)c1ccccc1. The normalized spacial score (nSPS) is 11.6. The number of carbonyl (C=O) groups excluding carboxylic acids is 2. The summed E-state index contributed by atoms with van der Waals surface area (Å²) < 4.78 is 17.7. The molecule has 0 saturated heterocycles. The Bertz CT molecular complexity index is 656. The molecule has 4 nitrogen and oxygen atoms in total. The van der Waals surface area contributed by atoms with Crippen molar-refractivity contribution in [1.82, 2.24) is 5.32 Å². The lowest BCUT2D eigenvalue weighted by atomic mass is 10.1. The number of benzene rings is 2. The second-order valence-corrected chi connectivity index (χ2v) is 5.16. The van der Waals surface area contributed by atoms with Crippen molar-refractivity contribution in [3.05, 3.63) is 71.5 Å². The van der Waals surface area contributed by atoms with E-state index in [1.54, 1.807) is 0 Å². The van der Waals surface area contributed by atoms with Crippen LogP contribution in [0.25, 0.3) is 0 Å². The molecule has 1 N–H and O–H groups in total. The summed E-state index contributed by atoms with van der Waals surface area (Å²) in [5.74, 6) is -1.26. The maximum atomic E-state index is 12.8. The van der Waals surface area contributed by atoms with Crippen molar-refractivity contribution in [1.29, 1.82) is 0 Å². The molecule has 0 radical (unpaired) electrons. The summed E-state index contributed by atoms with van der Waals surface area (Å²) in [4.78, 5) is 23.5. The molecule has 0 aliphatic carbocycles. The minimum absolute atomic E-state index is 0.00178. The second kappa shape index (κ2) is 8.08. The van der Waals surface area contributed by atoms with Crippen molar-refractivity contribution in [3.63, 3.8) is 0 Å². The Morgan fingerprint density at radius 1 is 1.09 bits per heavy atom. The van der Waals surface area contributed by atoms with E-state index in [0.29, 0.717) is 5.56 Å². The highest BCUT2D eigenvalue weighted by Crippen LogP contribution is 2.10. The summed E-state index contributed by atoms with van der Waals surface area (Å²) in [5.41, 5.74) is 1.60. The quantitative estimate of drug-likeness (QED) is 0.834. The number of halogens is 1. The molecule has 0 aliphatic heterocycles. The summed E-state index contributed by atoms with van der Waals surface area (Å²) >= 11 is 0. The maximum Gasteiger partial charge on any atom is 0.310 e. The fourth-order valence-electron chi connectivity index (χ4n) is 2.07. The van der Waals surface area contributed by atoms with Gasteiger partial charge < -0.3 is 10.1 Å². The number of rotatable bonds is 6. The number of hydrogen-bond acceptors (Lipinski definition) is 3. The molecule has 0 fully saturated rings. The van der Waals surface area contributed by atoms with E-state index in [1.807, 2.05) is 37.3 Å². The molecule has 0 aliphatic rings. The van der Waals surface area contributed by atoms with Crippen LogP contribution in [0, 0.1) is 5.82 Å². The van der Waals surface area contributed by atoms with Crippen LogP contribution >= 0.6 is 0 Å². The van der Waals surface area contributed by atoms with Gasteiger partial charge in [0.2, 0.25) is 0 Å². The maximum absolute atomic E-state index is 12.8. The fourth-order valence-corrected chi connectivity index (χ4v) is 2.07. The minimum Gasteiger partial charge on any atom is -0.455 e. The van der Waals surface area contributed by atoms with Crippen LogP contribution in [0.15, 0.2) is 54.6 Å². The Balaban J connectivity index is 1.75. The van der Waals surface area contributed by atoms with Crippen LogP contribution in [0.1, 0.15) is 24.1 Å². The number of nitrogens with one attached hydrogen (secondary N) is 1. The summed E-state index contributed by atoms with van der Waals surface area (Å²) in [6, 6.07) is 14.9. The zero-order valence-corrected chi connectivity index (χ0v) is 12.8. The summed E-state index contributed by atoms with van der Waals surface area (Å²) in [6.45, 7) is 1.52. The first-order valence-electron chi connectivity index (χ1n) is 7.29. The first kappa shape index (κ1) is 16.7. The summed E-state index contributed by atoms with van der Waals surface area (Å²) in [7, 11) is 0. The standard InChI is InChI=1S/C18H18FNO3/c1-13(15-5-3-2-4-6-15)20-17(21)12-23-18(22)11-14-7-9-16(19)10-8-14/h2-10,13H,11-12H2,1H3,(H,20,21)/t13-/m0/s1. The van der Waals surface area contributed by atoms with E-state index >= 15 is 0 Å². The highest BCUT2D eigenvalue weighted by molar-refractivity contribution is 5.81. The van der Waals surface area contributed by atoms with Gasteiger partial charge in [-0.25, -0.2) is 4.39 Å². The van der Waals surface area contributed by atoms with E-state index in [-0.39, 0.29) is 30.8 Å². The van der Waals surface area contributed by atoms with Gasteiger partial charge in [-0.3, -0.25) is 9.59 Å². The zero-order valence-electron chi connectivity index (χ0n) is 12.8. The van der Waals surface area contributed by atoms with Gasteiger partial charge in [0.25, 0.3) is 5.91 Å². The topological polar surface area (TPSA) is 55.4 Å². The monoisotopic (exact) mass is 315 g/mol. The molecule has 0 spiro atoms. The average molecular weight is 315 g/mol. The second-order valence-electron chi connectivity index (χ2n) is 5.16. The third-order valence-electron chi connectivity index (χ3n) is 3.30. The largest absolute Gasteiger partial charge is 0.455 e. The molecule has 1 amide bonds. The molecule has 0 aromatic heterocycles. The number of esters is 1. The lowest BCUT2D eigenvalue weighted by Crippen LogP contribution is -2.31. The summed E-state index contributed by atoms with van der Waals surface area (Å²) in [5, 5.41) is 2.76. The van der Waals surface area contributed by atoms with Gasteiger partial charge in [-0.05, 0) is 30.2 Å². The Morgan fingerprint density at radius 2 is 1.74 bits per heavy atom. The molecule has 120 valence electrons. The van der Waals surface area contributed by atoms with Crippen molar-refractivity contribution in [2.45, 2.75) is 19.4 Å². The van der Waals surface area contributed by atoms with Gasteiger partial charge in [0.05, 0.1) is 12.5 Å². The van der Waals surface area contributed by atoms with Gasteiger partial charge in [-0.1, -0.05) is 42.5 Å². The van der Waals surface area contributed by atoms with Gasteiger partial charge in [0.15, 0.2) is 6.61 Å². The molecular weight excluding hydrogens is 297 g/mol. The summed E-state index contributed by atoms with van der Waals surface area (Å²) in [6.07, 6.45) is 0.00178. The van der Waals surface area contributed by atoms with E-state index in [2.05, 4.69) is 5.32 Å². The molecule has 0 unspecified atom stereocenters. The van der Waals surface area contributed by atoms with Crippen LogP contribution in [0.5, 0.6) is 0 Å². The van der Waals surface area contributed by atoms with Crippen LogP contribution < -0.4 is 5.32 Å². The molecule has 2 aromatic rings. The third kappa shape index (κ3) is 5.54. The minimum atomic E-state index is -0.529. The Hall–Kier alpha value is -2.69. The van der Waals surface area contributed by atoms with Crippen molar-refractivity contribution in [3.8, 4) is 0 Å². The Kier molecular flexibility index (Phi) is 5.86. The Morgan fingerprint density at radius 3 is 2.39 bits per heavy atom. The molecule has 23 heavy (non-hydrogen) atoms. The fraction of sp³-hybridized carbons (Fsp3) is 0.222. The number of carbonyl (C=O) groups is 2. The van der Waals surface area contributed by atoms with Crippen LogP contribution in [-0.4, -0.2) is 18.5 Å². The van der Waals surface area contributed by atoms with E-state index in [1.165, 1.54) is 24.3 Å². The smallest absolute Gasteiger partial charge is 0.310 e. The molecule has 0 heterocycles. The lowest BCUT2D eigenvalue weighted by molar-refractivity contribution is -0.148. The van der Waals surface area contributed by atoms with Crippen LogP contribution in [0.3, 0.4) is 0 Å². The predicted molar refractivity (Wildman–Crippen MR) is 84.1 cm³/mol. The van der Waals surface area contributed by atoms with E-state index in [4.69, 9.17) is 4.74 Å². The third-order valence-corrected chi connectivity index (χ3v) is 3.30. The first-order chi connectivity index (χ1) is 11.0. The highest BCUT2D eigenvalue weighted by Gasteiger charge is 2.12. The number of amides is 1. The molecule has 2 rings (SSSR count). The highest BCUT2D eigenvalue weighted by atomic mass is 19.1. The van der Waals surface area contributed by atoms with Gasteiger partial charge in [0, 0.05) is 0 Å². The molecular formula is C18H18FNO3. The van der Waals surface area contributed by atoms with Crippen LogP contribution in [-0.2, 0) is 20.7 Å². The lowest BCUT2D eigenvalue weighted by Gasteiger charge is -2.14. The van der Waals surface area contributed by atoms with E-state index < -0.39 is 5.97 Å². The molecule has 0 bridgehead atoms. The van der Waals surface area contributed by atoms with Gasteiger partial charge in [-0.15, -0.1) is 0 Å². The molecule has 0 saturated carbocycles. The van der Waals surface area contributed by atoms with Gasteiger partial charge >= 0.3 is 5.97 Å².